The number of nitrogens with one attached hydrogen (secondary N) is 1. The number of aromatic nitrogens is 2. The van der Waals surface area contributed by atoms with Gasteiger partial charge in [-0.05, 0) is 35.7 Å². The van der Waals surface area contributed by atoms with E-state index in [1.165, 1.54) is 11.1 Å². The Balaban J connectivity index is 1.65. The number of hydrogen-bond donors (Lipinski definition) is 2. The first-order chi connectivity index (χ1) is 11.3. The van der Waals surface area contributed by atoms with Crippen molar-refractivity contribution in [3.8, 4) is 5.69 Å². The van der Waals surface area contributed by atoms with E-state index >= 15 is 0 Å². The average Bonchev–Trinajstić information content (AvgIpc) is 3.15. The predicted molar refractivity (Wildman–Crippen MR) is 91.2 cm³/mol. The lowest BCUT2D eigenvalue weighted by Gasteiger charge is -2.16. The number of aliphatic hydroxyl groups is 1. The van der Waals surface area contributed by atoms with Crippen LogP contribution in [-0.4, -0.2) is 14.7 Å². The van der Waals surface area contributed by atoms with Crippen LogP contribution in [0.4, 0.5) is 0 Å². The van der Waals surface area contributed by atoms with Crippen molar-refractivity contribution in [2.24, 2.45) is 0 Å². The molecule has 0 bridgehead atoms. The van der Waals surface area contributed by atoms with Crippen LogP contribution in [-0.2, 0) is 13.2 Å². The Morgan fingerprint density at radius 3 is 2.61 bits per heavy atom. The molecule has 2 aromatic carbocycles. The number of aliphatic hydroxyl groups excluding tert-OH is 1. The fourth-order valence-corrected chi connectivity index (χ4v) is 2.52. The average molecular weight is 307 g/mol. The SMILES string of the molecule is C[C@@H](NCc1ccc(CO)cc1)c1cccc(-n2ccnc2)c1. The lowest BCUT2D eigenvalue weighted by molar-refractivity contribution is 0.282. The molecular weight excluding hydrogens is 286 g/mol. The lowest BCUT2D eigenvalue weighted by Crippen LogP contribution is -2.18. The summed E-state index contributed by atoms with van der Waals surface area (Å²) in [4.78, 5) is 4.09. The molecule has 0 saturated carbocycles. The number of benzene rings is 2. The first-order valence-electron chi connectivity index (χ1n) is 7.76. The summed E-state index contributed by atoms with van der Waals surface area (Å²) >= 11 is 0. The van der Waals surface area contributed by atoms with Crippen LogP contribution in [0.1, 0.15) is 29.7 Å². The molecule has 3 rings (SSSR count). The number of imidazole rings is 1. The van der Waals surface area contributed by atoms with Crippen molar-refractivity contribution >= 4 is 0 Å². The Hall–Kier alpha value is -2.43. The highest BCUT2D eigenvalue weighted by Gasteiger charge is 2.06. The van der Waals surface area contributed by atoms with Gasteiger partial charge in [-0.3, -0.25) is 0 Å². The highest BCUT2D eigenvalue weighted by molar-refractivity contribution is 5.37. The summed E-state index contributed by atoms with van der Waals surface area (Å²) in [6.45, 7) is 3.04. The molecule has 0 aliphatic rings. The van der Waals surface area contributed by atoms with Crippen molar-refractivity contribution in [1.29, 1.82) is 0 Å². The van der Waals surface area contributed by atoms with Gasteiger partial charge < -0.3 is 15.0 Å². The second kappa shape index (κ2) is 7.22. The van der Waals surface area contributed by atoms with E-state index in [0.717, 1.165) is 17.8 Å². The van der Waals surface area contributed by atoms with Crippen LogP contribution >= 0.6 is 0 Å². The predicted octanol–water partition coefficient (Wildman–Crippen LogP) is 3.22. The molecule has 0 saturated heterocycles. The van der Waals surface area contributed by atoms with Crippen LogP contribution in [0.2, 0.25) is 0 Å². The Labute approximate surface area is 136 Å². The molecule has 23 heavy (non-hydrogen) atoms. The molecule has 0 unspecified atom stereocenters. The minimum absolute atomic E-state index is 0.0884. The van der Waals surface area contributed by atoms with Gasteiger partial charge in [0.15, 0.2) is 0 Å². The number of rotatable bonds is 6. The molecule has 0 aliphatic heterocycles. The largest absolute Gasteiger partial charge is 0.392 e. The smallest absolute Gasteiger partial charge is 0.0991 e. The standard InChI is InChI=1S/C19H21N3O/c1-15(21-12-16-5-7-17(13-23)8-6-16)18-3-2-4-19(11-18)22-10-9-20-14-22/h2-11,14-15,21,23H,12-13H2,1H3/t15-/m1/s1. The van der Waals surface area contributed by atoms with E-state index < -0.39 is 0 Å². The fraction of sp³-hybridized carbons (Fsp3) is 0.211. The first-order valence-corrected chi connectivity index (χ1v) is 7.76. The van der Waals surface area contributed by atoms with Gasteiger partial charge in [-0.25, -0.2) is 4.98 Å². The van der Waals surface area contributed by atoms with Crippen LogP contribution < -0.4 is 5.32 Å². The van der Waals surface area contributed by atoms with Gasteiger partial charge in [-0.2, -0.15) is 0 Å². The molecule has 0 fully saturated rings. The van der Waals surface area contributed by atoms with Crippen molar-refractivity contribution in [2.45, 2.75) is 26.1 Å². The van der Waals surface area contributed by atoms with E-state index in [9.17, 15) is 0 Å². The lowest BCUT2D eigenvalue weighted by atomic mass is 10.1. The zero-order valence-electron chi connectivity index (χ0n) is 13.2. The summed E-state index contributed by atoms with van der Waals surface area (Å²) in [6.07, 6.45) is 5.53. The van der Waals surface area contributed by atoms with Crippen LogP contribution in [0.3, 0.4) is 0 Å². The van der Waals surface area contributed by atoms with Crippen molar-refractivity contribution in [2.75, 3.05) is 0 Å². The highest BCUT2D eigenvalue weighted by atomic mass is 16.3. The van der Waals surface area contributed by atoms with Crippen molar-refractivity contribution in [3.63, 3.8) is 0 Å². The van der Waals surface area contributed by atoms with Gasteiger partial charge in [0.1, 0.15) is 0 Å². The van der Waals surface area contributed by atoms with E-state index in [0.29, 0.717) is 0 Å². The molecular formula is C19H21N3O. The molecule has 1 aromatic heterocycles. The Morgan fingerprint density at radius 1 is 1.13 bits per heavy atom. The molecule has 4 heteroatoms. The summed E-state index contributed by atoms with van der Waals surface area (Å²) in [5.74, 6) is 0. The van der Waals surface area contributed by atoms with Crippen molar-refractivity contribution in [3.05, 3.63) is 83.9 Å². The molecule has 0 aliphatic carbocycles. The van der Waals surface area contributed by atoms with Gasteiger partial charge in [0, 0.05) is 30.7 Å². The number of nitrogens with zero attached hydrogens (tertiary/aromatic N) is 2. The van der Waals surface area contributed by atoms with Crippen LogP contribution in [0.25, 0.3) is 5.69 Å². The molecule has 0 amide bonds. The van der Waals surface area contributed by atoms with E-state index in [1.807, 2.05) is 35.0 Å². The summed E-state index contributed by atoms with van der Waals surface area (Å²) in [5.41, 5.74) is 4.50. The van der Waals surface area contributed by atoms with E-state index in [1.54, 1.807) is 12.5 Å². The molecule has 0 spiro atoms. The molecule has 3 aromatic rings. The third-order valence-corrected chi connectivity index (χ3v) is 3.99. The van der Waals surface area contributed by atoms with Gasteiger partial charge >= 0.3 is 0 Å². The first kappa shape index (κ1) is 15.5. The minimum atomic E-state index is 0.0884. The Morgan fingerprint density at radius 2 is 1.91 bits per heavy atom. The molecule has 2 N–H and O–H groups in total. The van der Waals surface area contributed by atoms with Crippen molar-refractivity contribution in [1.82, 2.24) is 14.9 Å². The second-order valence-corrected chi connectivity index (χ2v) is 5.64. The summed E-state index contributed by atoms with van der Waals surface area (Å²) in [7, 11) is 0. The van der Waals surface area contributed by atoms with Gasteiger partial charge in [-0.1, -0.05) is 36.4 Å². The third kappa shape index (κ3) is 3.86. The van der Waals surface area contributed by atoms with Crippen LogP contribution in [0, 0.1) is 0 Å². The summed E-state index contributed by atoms with van der Waals surface area (Å²) in [5, 5.41) is 12.6. The third-order valence-electron chi connectivity index (χ3n) is 3.99. The minimum Gasteiger partial charge on any atom is -0.392 e. The van der Waals surface area contributed by atoms with E-state index in [2.05, 4.69) is 41.5 Å². The molecule has 0 radical (unpaired) electrons. The summed E-state index contributed by atoms with van der Waals surface area (Å²) in [6, 6.07) is 16.7. The highest BCUT2D eigenvalue weighted by Crippen LogP contribution is 2.17. The zero-order chi connectivity index (χ0) is 16.1. The maximum Gasteiger partial charge on any atom is 0.0991 e. The van der Waals surface area contributed by atoms with Crippen LogP contribution in [0.5, 0.6) is 0 Å². The monoisotopic (exact) mass is 307 g/mol. The fourth-order valence-electron chi connectivity index (χ4n) is 2.52. The van der Waals surface area contributed by atoms with E-state index in [4.69, 9.17) is 5.11 Å². The molecule has 1 heterocycles. The quantitative estimate of drug-likeness (QED) is 0.735. The van der Waals surface area contributed by atoms with Gasteiger partial charge in [0.25, 0.3) is 0 Å². The molecule has 4 nitrogen and oxygen atoms in total. The Bertz CT molecular complexity index is 736. The summed E-state index contributed by atoms with van der Waals surface area (Å²) < 4.78 is 2.00. The normalized spacial score (nSPS) is 12.3. The zero-order valence-corrected chi connectivity index (χ0v) is 13.2. The molecule has 118 valence electrons. The second-order valence-electron chi connectivity index (χ2n) is 5.64. The van der Waals surface area contributed by atoms with Gasteiger partial charge in [-0.15, -0.1) is 0 Å². The van der Waals surface area contributed by atoms with E-state index in [-0.39, 0.29) is 12.6 Å². The van der Waals surface area contributed by atoms with Crippen LogP contribution in [0.15, 0.2) is 67.3 Å². The topological polar surface area (TPSA) is 50.1 Å². The maximum atomic E-state index is 9.08. The van der Waals surface area contributed by atoms with Gasteiger partial charge in [0.2, 0.25) is 0 Å². The number of hydrogen-bond acceptors (Lipinski definition) is 3. The van der Waals surface area contributed by atoms with Crippen molar-refractivity contribution < 1.29 is 5.11 Å². The van der Waals surface area contributed by atoms with Gasteiger partial charge in [0.05, 0.1) is 12.9 Å². The maximum absolute atomic E-state index is 9.08. The Kier molecular flexibility index (Phi) is 4.86. The molecule has 1 atom stereocenters.